The first kappa shape index (κ1) is 21.9. The number of aromatic nitrogens is 4. The van der Waals surface area contributed by atoms with Crippen LogP contribution in [0.1, 0.15) is 43.9 Å². The molecule has 29 heavy (non-hydrogen) atoms. The number of aryl methyl sites for hydroxylation is 2. The van der Waals surface area contributed by atoms with E-state index in [0.29, 0.717) is 0 Å². The monoisotopic (exact) mass is 439 g/mol. The zero-order valence-electron chi connectivity index (χ0n) is 16.6. The van der Waals surface area contributed by atoms with Gasteiger partial charge < -0.3 is 0 Å². The van der Waals surface area contributed by atoms with Gasteiger partial charge in [0.15, 0.2) is 22.4 Å². The Kier molecular flexibility index (Phi) is 7.43. The molecule has 1 N–H and O–H groups in total. The molecule has 1 unspecified atom stereocenters. The van der Waals surface area contributed by atoms with E-state index in [0.717, 1.165) is 58.7 Å². The lowest BCUT2D eigenvalue weighted by molar-refractivity contribution is 0.507. The fourth-order valence-corrected chi connectivity index (χ4v) is 3.97. The third-order valence-corrected chi connectivity index (χ3v) is 6.04. The van der Waals surface area contributed by atoms with Crippen molar-refractivity contribution < 1.29 is 8.78 Å². The Hall–Kier alpha value is -1.77. The van der Waals surface area contributed by atoms with Crippen LogP contribution in [0.15, 0.2) is 29.6 Å². The predicted molar refractivity (Wildman–Crippen MR) is 113 cm³/mol. The first-order valence-electron chi connectivity index (χ1n) is 9.62. The van der Waals surface area contributed by atoms with Crippen LogP contribution in [-0.4, -0.2) is 31.5 Å². The maximum Gasteiger partial charge on any atom is 0.189 e. The molecule has 0 saturated heterocycles. The van der Waals surface area contributed by atoms with Crippen LogP contribution >= 0.6 is 23.5 Å². The summed E-state index contributed by atoms with van der Waals surface area (Å²) in [6.45, 7) is 7.09. The Morgan fingerprint density at radius 1 is 1.24 bits per heavy atom. The van der Waals surface area contributed by atoms with Crippen LogP contribution in [-0.2, 0) is 6.54 Å². The van der Waals surface area contributed by atoms with Gasteiger partial charge in [0, 0.05) is 24.3 Å². The molecule has 5 nitrogen and oxygen atoms in total. The summed E-state index contributed by atoms with van der Waals surface area (Å²) < 4.78 is 27.2. The summed E-state index contributed by atoms with van der Waals surface area (Å²) in [6.07, 6.45) is 3.87. The molecule has 0 amide bonds. The third kappa shape index (κ3) is 5.24. The zero-order valence-corrected chi connectivity index (χ0v) is 18.2. The molecule has 1 aliphatic rings. The molecule has 0 radical (unpaired) electrons. The Balaban J connectivity index is 0.000000169. The highest BCUT2D eigenvalue weighted by Crippen LogP contribution is 2.41. The first-order valence-corrected chi connectivity index (χ1v) is 11.0. The number of halogens is 3. The standard InChI is InChI=1S/C11H16N4S.C9H8ClF2N/c1-4-6-16-11-13-8(3)9-7-12-15(5-2)10(9)14-11;10-13-9-4-6(9)5-1-2-7(11)8(12)3-5/h7H,4-6H2,1-3H3;1-3,6,9,13H,4H2/t;6-,9?/m.0/s1. The molecule has 0 aliphatic heterocycles. The van der Waals surface area contributed by atoms with Gasteiger partial charge in [0.2, 0.25) is 0 Å². The van der Waals surface area contributed by atoms with Crippen LogP contribution in [0.2, 0.25) is 0 Å². The van der Waals surface area contributed by atoms with Gasteiger partial charge in [-0.2, -0.15) is 5.10 Å². The normalized spacial score (nSPS) is 17.9. The second-order valence-corrected chi connectivity index (χ2v) is 8.15. The Morgan fingerprint density at radius 3 is 2.66 bits per heavy atom. The summed E-state index contributed by atoms with van der Waals surface area (Å²) in [5.74, 6) is -0.310. The quantitative estimate of drug-likeness (QED) is 0.324. The van der Waals surface area contributed by atoms with Crippen molar-refractivity contribution in [2.75, 3.05) is 5.75 Å². The molecule has 2 atom stereocenters. The van der Waals surface area contributed by atoms with E-state index in [-0.39, 0.29) is 12.0 Å². The fourth-order valence-electron chi connectivity index (χ4n) is 2.99. The SMILES string of the molecule is CCCSc1nc(C)c2cnn(CC)c2n1.Fc1ccc([C@@H]2CC2NCl)cc1F. The number of nitrogens with zero attached hydrogens (tertiary/aromatic N) is 4. The minimum atomic E-state index is -0.806. The van der Waals surface area contributed by atoms with Gasteiger partial charge in [-0.3, -0.25) is 0 Å². The van der Waals surface area contributed by atoms with Gasteiger partial charge in [0.05, 0.1) is 17.3 Å². The average Bonchev–Trinajstić information content (AvgIpc) is 3.39. The largest absolute Gasteiger partial charge is 0.247 e. The average molecular weight is 440 g/mol. The third-order valence-electron chi connectivity index (χ3n) is 4.70. The molecule has 2 heterocycles. The highest BCUT2D eigenvalue weighted by molar-refractivity contribution is 7.99. The molecule has 0 spiro atoms. The van der Waals surface area contributed by atoms with Gasteiger partial charge in [-0.1, -0.05) is 24.8 Å². The van der Waals surface area contributed by atoms with E-state index in [1.54, 1.807) is 17.8 Å². The van der Waals surface area contributed by atoms with Gasteiger partial charge in [0.1, 0.15) is 0 Å². The maximum absolute atomic E-state index is 12.8. The molecule has 0 bridgehead atoms. The molecule has 2 aromatic heterocycles. The molecule has 9 heteroatoms. The lowest BCUT2D eigenvalue weighted by atomic mass is 10.1. The number of hydrogen-bond acceptors (Lipinski definition) is 5. The molecule has 1 fully saturated rings. The van der Waals surface area contributed by atoms with Crippen molar-refractivity contribution in [2.45, 2.75) is 57.3 Å². The van der Waals surface area contributed by atoms with E-state index in [1.165, 1.54) is 6.07 Å². The Labute approximate surface area is 178 Å². The second kappa shape index (κ2) is 9.82. The van der Waals surface area contributed by atoms with Crippen LogP contribution in [0, 0.1) is 18.6 Å². The van der Waals surface area contributed by atoms with E-state index < -0.39 is 11.6 Å². The summed E-state index contributed by atoms with van der Waals surface area (Å²) >= 11 is 7.11. The molecule has 156 valence electrons. The van der Waals surface area contributed by atoms with Gasteiger partial charge in [-0.15, -0.1) is 0 Å². The topological polar surface area (TPSA) is 55.6 Å². The number of nitrogens with one attached hydrogen (secondary N) is 1. The van der Waals surface area contributed by atoms with E-state index in [9.17, 15) is 8.78 Å². The summed E-state index contributed by atoms with van der Waals surface area (Å²) in [4.78, 5) is 11.6. The van der Waals surface area contributed by atoms with Crippen molar-refractivity contribution in [1.82, 2.24) is 24.6 Å². The minimum Gasteiger partial charge on any atom is -0.247 e. The van der Waals surface area contributed by atoms with Crippen molar-refractivity contribution >= 4 is 34.6 Å². The summed E-state index contributed by atoms with van der Waals surface area (Å²) in [5.41, 5.74) is 2.77. The van der Waals surface area contributed by atoms with Crippen LogP contribution < -0.4 is 4.84 Å². The zero-order chi connectivity index (χ0) is 21.0. The van der Waals surface area contributed by atoms with E-state index in [1.807, 2.05) is 17.8 Å². The van der Waals surface area contributed by atoms with Gasteiger partial charge >= 0.3 is 0 Å². The van der Waals surface area contributed by atoms with Crippen LogP contribution in [0.4, 0.5) is 8.78 Å². The van der Waals surface area contributed by atoms with E-state index in [4.69, 9.17) is 11.8 Å². The van der Waals surface area contributed by atoms with Gasteiger partial charge in [0.25, 0.3) is 0 Å². The fraction of sp³-hybridized carbons (Fsp3) is 0.450. The molecule has 3 aromatic rings. The number of hydrogen-bond donors (Lipinski definition) is 1. The minimum absolute atomic E-state index is 0.200. The van der Waals surface area contributed by atoms with Gasteiger partial charge in [-0.25, -0.2) is 28.3 Å². The maximum atomic E-state index is 12.8. The lowest BCUT2D eigenvalue weighted by Crippen LogP contribution is -2.03. The number of benzene rings is 1. The smallest absolute Gasteiger partial charge is 0.189 e. The van der Waals surface area contributed by atoms with Crippen molar-refractivity contribution in [2.24, 2.45) is 0 Å². The first-order chi connectivity index (χ1) is 14.0. The molecule has 4 rings (SSSR count). The van der Waals surface area contributed by atoms with Crippen molar-refractivity contribution in [3.63, 3.8) is 0 Å². The van der Waals surface area contributed by atoms with Crippen LogP contribution in [0.3, 0.4) is 0 Å². The number of thioether (sulfide) groups is 1. The highest BCUT2D eigenvalue weighted by atomic mass is 35.5. The highest BCUT2D eigenvalue weighted by Gasteiger charge is 2.38. The van der Waals surface area contributed by atoms with Crippen molar-refractivity contribution in [3.8, 4) is 0 Å². The predicted octanol–water partition coefficient (Wildman–Crippen LogP) is 5.22. The molecule has 1 aliphatic carbocycles. The summed E-state index contributed by atoms with van der Waals surface area (Å²) in [7, 11) is 0. The lowest BCUT2D eigenvalue weighted by Gasteiger charge is -2.03. The molecule has 1 saturated carbocycles. The van der Waals surface area contributed by atoms with Crippen LogP contribution in [0.25, 0.3) is 11.0 Å². The molecule has 1 aromatic carbocycles. The second-order valence-electron chi connectivity index (χ2n) is 6.87. The molecular formula is C20H24ClF2N5S. The van der Waals surface area contributed by atoms with Crippen molar-refractivity contribution in [1.29, 1.82) is 0 Å². The summed E-state index contributed by atoms with van der Waals surface area (Å²) in [5, 5.41) is 6.22. The Morgan fingerprint density at radius 2 is 2.03 bits per heavy atom. The van der Waals surface area contributed by atoms with E-state index >= 15 is 0 Å². The molecular weight excluding hydrogens is 416 g/mol. The number of rotatable bonds is 6. The van der Waals surface area contributed by atoms with Gasteiger partial charge in [-0.05, 0) is 56.2 Å². The van der Waals surface area contributed by atoms with E-state index in [2.05, 4.69) is 33.7 Å². The summed E-state index contributed by atoms with van der Waals surface area (Å²) in [6, 6.07) is 4.17. The van der Waals surface area contributed by atoms with Crippen LogP contribution in [0.5, 0.6) is 0 Å². The number of fused-ring (bicyclic) bond motifs is 1. The van der Waals surface area contributed by atoms with Crippen molar-refractivity contribution in [3.05, 3.63) is 47.3 Å². The Bertz CT molecular complexity index is 981.